The average molecular weight is 303 g/mol. The first-order valence-corrected chi connectivity index (χ1v) is 7.69. The van der Waals surface area contributed by atoms with E-state index >= 15 is 0 Å². The van der Waals surface area contributed by atoms with Gasteiger partial charge in [0.25, 0.3) is 0 Å². The summed E-state index contributed by atoms with van der Waals surface area (Å²) >= 11 is 3.02. The quantitative estimate of drug-likeness (QED) is 0.584. The number of thiazole rings is 2. The molecule has 1 aromatic carbocycles. The molecule has 0 saturated heterocycles. The van der Waals surface area contributed by atoms with E-state index in [0.717, 1.165) is 21.7 Å². The smallest absolute Gasteiger partial charge is 0.211 e. The number of hydrogen-bond donors (Lipinski definition) is 1. The third kappa shape index (κ3) is 2.37. The molecule has 2 aromatic heterocycles. The van der Waals surface area contributed by atoms with Crippen LogP contribution in [0.4, 0.5) is 5.13 Å². The fraction of sp³-hybridized carbons (Fsp3) is 0.154. The molecule has 5 nitrogen and oxygen atoms in total. The average Bonchev–Trinajstić information content (AvgIpc) is 3.01. The van der Waals surface area contributed by atoms with Crippen molar-refractivity contribution in [2.24, 2.45) is 17.3 Å². The Balaban J connectivity index is 2.04. The molecule has 2 N–H and O–H groups in total. The molecule has 0 aliphatic rings. The number of para-hydroxylation sites is 1. The van der Waals surface area contributed by atoms with Gasteiger partial charge in [-0.05, 0) is 19.1 Å². The summed E-state index contributed by atoms with van der Waals surface area (Å²) in [4.78, 5) is 5.05. The molecule has 7 heteroatoms. The number of benzene rings is 1. The second-order valence-corrected chi connectivity index (χ2v) is 6.17. The number of aryl methyl sites for hydroxylation is 1. The number of hydrogen-bond acceptors (Lipinski definition) is 6. The Morgan fingerprint density at radius 2 is 2.15 bits per heavy atom. The maximum atomic E-state index is 5.62. The number of fused-ring (bicyclic) bond motifs is 1. The molecule has 0 unspecified atom stereocenters. The van der Waals surface area contributed by atoms with Gasteiger partial charge in [-0.15, -0.1) is 16.4 Å². The largest absolute Gasteiger partial charge is 0.375 e. The van der Waals surface area contributed by atoms with Gasteiger partial charge in [0.2, 0.25) is 4.80 Å². The van der Waals surface area contributed by atoms with Crippen LogP contribution >= 0.6 is 22.7 Å². The number of nitrogens with zero attached hydrogens (tertiary/aromatic N) is 4. The number of rotatable bonds is 2. The van der Waals surface area contributed by atoms with Gasteiger partial charge in [-0.1, -0.05) is 23.5 Å². The van der Waals surface area contributed by atoms with E-state index in [-0.39, 0.29) is 0 Å². The van der Waals surface area contributed by atoms with E-state index in [9.17, 15) is 0 Å². The molecule has 0 radical (unpaired) electrons. The minimum atomic E-state index is 0.543. The summed E-state index contributed by atoms with van der Waals surface area (Å²) in [5, 5.41) is 11.0. The molecule has 102 valence electrons. The minimum absolute atomic E-state index is 0.543. The topological polar surface area (TPSA) is 68.6 Å². The normalized spacial score (nSPS) is 13.3. The van der Waals surface area contributed by atoms with Gasteiger partial charge in [-0.2, -0.15) is 5.10 Å². The fourth-order valence-corrected chi connectivity index (χ4v) is 3.38. The predicted octanol–water partition coefficient (Wildman–Crippen LogP) is 2.60. The number of aromatic nitrogens is 2. The van der Waals surface area contributed by atoms with Crippen molar-refractivity contribution in [1.82, 2.24) is 9.55 Å². The fourth-order valence-electron chi connectivity index (χ4n) is 1.80. The lowest BCUT2D eigenvalue weighted by Gasteiger charge is -1.93. The van der Waals surface area contributed by atoms with Crippen molar-refractivity contribution in [3.8, 4) is 0 Å². The zero-order valence-electron chi connectivity index (χ0n) is 11.1. The first-order valence-electron chi connectivity index (χ1n) is 5.99. The highest BCUT2D eigenvalue weighted by Gasteiger charge is 2.03. The van der Waals surface area contributed by atoms with E-state index in [2.05, 4.69) is 27.3 Å². The highest BCUT2D eigenvalue weighted by Crippen LogP contribution is 2.15. The van der Waals surface area contributed by atoms with Crippen LogP contribution in [0.2, 0.25) is 0 Å². The van der Waals surface area contributed by atoms with E-state index in [1.807, 2.05) is 36.1 Å². The maximum Gasteiger partial charge on any atom is 0.211 e. The molecular formula is C13H13N5S2. The van der Waals surface area contributed by atoms with Crippen LogP contribution in [0.1, 0.15) is 12.6 Å². The molecule has 0 aliphatic carbocycles. The minimum Gasteiger partial charge on any atom is -0.375 e. The van der Waals surface area contributed by atoms with Gasteiger partial charge in [0, 0.05) is 12.4 Å². The summed E-state index contributed by atoms with van der Waals surface area (Å²) in [6.07, 6.45) is 0. The molecule has 0 bridgehead atoms. The summed E-state index contributed by atoms with van der Waals surface area (Å²) in [7, 11) is 1.99. The van der Waals surface area contributed by atoms with E-state index in [1.165, 1.54) is 16.0 Å². The zero-order valence-corrected chi connectivity index (χ0v) is 12.7. The molecular weight excluding hydrogens is 290 g/mol. The molecule has 3 rings (SSSR count). The molecule has 0 spiro atoms. The number of anilines is 1. The highest BCUT2D eigenvalue weighted by atomic mass is 32.1. The van der Waals surface area contributed by atoms with Gasteiger partial charge in [-0.3, -0.25) is 0 Å². The lowest BCUT2D eigenvalue weighted by atomic mass is 10.3. The molecule has 0 saturated carbocycles. The Morgan fingerprint density at radius 1 is 1.35 bits per heavy atom. The lowest BCUT2D eigenvalue weighted by molar-refractivity contribution is 0.888. The van der Waals surface area contributed by atoms with Crippen LogP contribution < -0.4 is 10.5 Å². The van der Waals surface area contributed by atoms with E-state index in [0.29, 0.717) is 5.13 Å². The van der Waals surface area contributed by atoms with E-state index in [4.69, 9.17) is 5.73 Å². The first-order chi connectivity index (χ1) is 9.65. The van der Waals surface area contributed by atoms with Gasteiger partial charge in [0.15, 0.2) is 5.13 Å². The van der Waals surface area contributed by atoms with E-state index < -0.39 is 0 Å². The van der Waals surface area contributed by atoms with Crippen LogP contribution in [0.15, 0.2) is 39.8 Å². The van der Waals surface area contributed by atoms with E-state index in [1.54, 1.807) is 11.3 Å². The summed E-state index contributed by atoms with van der Waals surface area (Å²) in [5.41, 5.74) is 8.31. The van der Waals surface area contributed by atoms with Crippen molar-refractivity contribution in [2.75, 3.05) is 5.73 Å². The highest BCUT2D eigenvalue weighted by molar-refractivity contribution is 7.16. The first kappa shape index (κ1) is 13.0. The molecule has 3 aromatic rings. The number of nitrogen functional groups attached to an aromatic ring is 1. The molecule has 20 heavy (non-hydrogen) atoms. The monoisotopic (exact) mass is 303 g/mol. The van der Waals surface area contributed by atoms with Crippen LogP contribution in [-0.4, -0.2) is 15.3 Å². The van der Waals surface area contributed by atoms with Crippen LogP contribution in [0.5, 0.6) is 0 Å². The van der Waals surface area contributed by atoms with Gasteiger partial charge >= 0.3 is 0 Å². The third-order valence-corrected chi connectivity index (χ3v) is 4.67. The molecule has 0 atom stereocenters. The third-order valence-electron chi connectivity index (χ3n) is 2.89. The van der Waals surface area contributed by atoms with Crippen molar-refractivity contribution in [1.29, 1.82) is 0 Å². The molecule has 2 heterocycles. The SMILES string of the molecule is CC(=NN=c1sc2ccccc2n1C)c1csc(N)n1. The standard InChI is InChI=1S/C13H13N5S2/c1-8(9-7-19-12(14)15-9)16-17-13-18(2)10-5-3-4-6-11(10)20-13/h3-7H,1-2H3,(H2,14,15). The van der Waals surface area contributed by atoms with Crippen molar-refractivity contribution in [2.45, 2.75) is 6.92 Å². The zero-order chi connectivity index (χ0) is 14.1. The second kappa shape index (κ2) is 5.18. The van der Waals surface area contributed by atoms with Crippen molar-refractivity contribution in [3.05, 3.63) is 40.1 Å². The maximum absolute atomic E-state index is 5.62. The Morgan fingerprint density at radius 3 is 2.85 bits per heavy atom. The molecule has 0 fully saturated rings. The van der Waals surface area contributed by atoms with Gasteiger partial charge in [0.1, 0.15) is 0 Å². The van der Waals surface area contributed by atoms with Gasteiger partial charge in [-0.25, -0.2) is 4.98 Å². The second-order valence-electron chi connectivity index (χ2n) is 4.27. The van der Waals surface area contributed by atoms with Crippen LogP contribution in [0.3, 0.4) is 0 Å². The lowest BCUT2D eigenvalue weighted by Crippen LogP contribution is -2.09. The summed E-state index contributed by atoms with van der Waals surface area (Å²) in [6, 6.07) is 8.19. The van der Waals surface area contributed by atoms with Crippen LogP contribution in [0, 0.1) is 0 Å². The van der Waals surface area contributed by atoms with Crippen molar-refractivity contribution < 1.29 is 0 Å². The Bertz CT molecular complexity index is 853. The Hall–Kier alpha value is -1.99. The van der Waals surface area contributed by atoms with Gasteiger partial charge in [0.05, 0.1) is 21.6 Å². The van der Waals surface area contributed by atoms with Crippen molar-refractivity contribution >= 4 is 43.7 Å². The number of nitrogens with two attached hydrogens (primary N) is 1. The van der Waals surface area contributed by atoms with Crippen molar-refractivity contribution in [3.63, 3.8) is 0 Å². The molecule has 0 amide bonds. The Labute approximate surface area is 123 Å². The summed E-state index contributed by atoms with van der Waals surface area (Å²) in [5.74, 6) is 0. The predicted molar refractivity (Wildman–Crippen MR) is 85.1 cm³/mol. The van der Waals surface area contributed by atoms with Crippen LogP contribution in [0.25, 0.3) is 10.2 Å². The van der Waals surface area contributed by atoms with Crippen LogP contribution in [-0.2, 0) is 7.05 Å². The summed E-state index contributed by atoms with van der Waals surface area (Å²) < 4.78 is 3.23. The van der Waals surface area contributed by atoms with Gasteiger partial charge < -0.3 is 10.3 Å². The molecule has 0 aliphatic heterocycles. The Kier molecular flexibility index (Phi) is 3.37. The summed E-state index contributed by atoms with van der Waals surface area (Å²) in [6.45, 7) is 1.88.